The topological polar surface area (TPSA) is 101 Å². The van der Waals surface area contributed by atoms with Gasteiger partial charge >= 0.3 is 6.09 Å². The molecule has 2 aliphatic rings. The van der Waals surface area contributed by atoms with Gasteiger partial charge in [0, 0.05) is 36.1 Å². The summed E-state index contributed by atoms with van der Waals surface area (Å²) in [4.78, 5) is 50.4. The fourth-order valence-corrected chi connectivity index (χ4v) is 6.31. The summed E-state index contributed by atoms with van der Waals surface area (Å²) in [6, 6.07) is 9.51. The number of nitrogens with one attached hydrogen (secondary N) is 1. The Balaban J connectivity index is 1.82. The van der Waals surface area contributed by atoms with Gasteiger partial charge in [0.15, 0.2) is 0 Å². The van der Waals surface area contributed by atoms with E-state index in [9.17, 15) is 9.59 Å². The predicted molar refractivity (Wildman–Crippen MR) is 181 cm³/mol. The van der Waals surface area contributed by atoms with Gasteiger partial charge in [-0.15, -0.1) is 0 Å². The maximum Gasteiger partial charge on any atom is 0.411 e. The molecule has 1 saturated heterocycles. The first-order chi connectivity index (χ1) is 21.4. The highest BCUT2D eigenvalue weighted by molar-refractivity contribution is 6.05. The molecular formula is C37H54N4O5. The monoisotopic (exact) mass is 634 g/mol. The number of ether oxygens (including phenoxy) is 2. The molecule has 0 spiro atoms. The van der Waals surface area contributed by atoms with Gasteiger partial charge in [-0.2, -0.15) is 0 Å². The highest BCUT2D eigenvalue weighted by Crippen LogP contribution is 2.35. The number of hydrogen-bond donors (Lipinski definition) is 1. The number of benzene rings is 1. The van der Waals surface area contributed by atoms with Crippen LogP contribution in [-0.4, -0.2) is 63.7 Å². The number of nitrogens with zero attached hydrogens (tertiary/aromatic N) is 3. The lowest BCUT2D eigenvalue weighted by Crippen LogP contribution is -2.53. The molecular weight excluding hydrogens is 580 g/mol. The van der Waals surface area contributed by atoms with E-state index < -0.39 is 29.4 Å². The van der Waals surface area contributed by atoms with Crippen LogP contribution in [0, 0.1) is 0 Å². The second-order valence-corrected chi connectivity index (χ2v) is 15.8. The highest BCUT2D eigenvalue weighted by atomic mass is 16.6. The Labute approximate surface area is 275 Å². The summed E-state index contributed by atoms with van der Waals surface area (Å²) in [5.41, 5.74) is 0.911. The van der Waals surface area contributed by atoms with Crippen LogP contribution in [-0.2, 0) is 24.5 Å². The van der Waals surface area contributed by atoms with Crippen LogP contribution in [0.25, 0.3) is 0 Å². The molecule has 1 N–H and O–H groups in total. The minimum atomic E-state index is -1.01. The molecule has 1 saturated carbocycles. The molecule has 2 aromatic rings. The summed E-state index contributed by atoms with van der Waals surface area (Å²) in [5.74, 6) is -0.639. The van der Waals surface area contributed by atoms with Crippen molar-refractivity contribution >= 4 is 23.6 Å². The Hall–Kier alpha value is -3.46. The average molecular weight is 635 g/mol. The zero-order valence-corrected chi connectivity index (χ0v) is 29.3. The van der Waals surface area contributed by atoms with E-state index in [4.69, 9.17) is 9.47 Å². The number of hydrogen-bond acceptors (Lipinski definition) is 6. The largest absolute Gasteiger partial charge is 0.444 e. The van der Waals surface area contributed by atoms with Crippen LogP contribution in [0.5, 0.6) is 0 Å². The second-order valence-electron chi connectivity index (χ2n) is 15.8. The first-order valence-corrected chi connectivity index (χ1v) is 16.7. The van der Waals surface area contributed by atoms with Gasteiger partial charge in [0.1, 0.15) is 17.7 Å². The minimum Gasteiger partial charge on any atom is -0.444 e. The number of likely N-dealkylation sites (tertiary alicyclic amines) is 1. The Kier molecular flexibility index (Phi) is 10.9. The van der Waals surface area contributed by atoms with Gasteiger partial charge in [0.25, 0.3) is 5.91 Å². The number of carbonyl (C=O) groups is 3. The first kappa shape index (κ1) is 35.4. The van der Waals surface area contributed by atoms with E-state index in [2.05, 4.69) is 31.1 Å². The highest BCUT2D eigenvalue weighted by Gasteiger charge is 2.47. The van der Waals surface area contributed by atoms with Crippen molar-refractivity contribution in [2.45, 2.75) is 142 Å². The summed E-state index contributed by atoms with van der Waals surface area (Å²) in [5, 5.41) is 3.26. The Bertz CT molecular complexity index is 1340. The molecule has 1 aliphatic carbocycles. The zero-order valence-electron chi connectivity index (χ0n) is 29.3. The number of pyridine rings is 1. The third-order valence-corrected chi connectivity index (χ3v) is 8.40. The number of rotatable bonds is 7. The summed E-state index contributed by atoms with van der Waals surface area (Å²) < 4.78 is 12.1. The molecule has 252 valence electrons. The van der Waals surface area contributed by atoms with Crippen molar-refractivity contribution in [1.29, 1.82) is 0 Å². The molecule has 0 bridgehead atoms. The van der Waals surface area contributed by atoms with E-state index >= 15 is 4.79 Å². The van der Waals surface area contributed by atoms with Crippen LogP contribution >= 0.6 is 0 Å². The third kappa shape index (κ3) is 9.30. The fourth-order valence-electron chi connectivity index (χ4n) is 6.31. The molecule has 1 aromatic carbocycles. The van der Waals surface area contributed by atoms with Gasteiger partial charge in [-0.05, 0) is 83.6 Å². The normalized spacial score (nSPS) is 20.2. The molecule has 2 fully saturated rings. The van der Waals surface area contributed by atoms with Gasteiger partial charge in [0.05, 0.1) is 18.2 Å². The van der Waals surface area contributed by atoms with E-state index in [0.717, 1.165) is 37.7 Å². The van der Waals surface area contributed by atoms with Crippen molar-refractivity contribution in [2.75, 3.05) is 11.4 Å². The molecule has 3 amide bonds. The van der Waals surface area contributed by atoms with Crippen LogP contribution < -0.4 is 10.2 Å². The molecule has 3 atom stereocenters. The second kappa shape index (κ2) is 14.1. The first-order valence-electron chi connectivity index (χ1n) is 16.7. The van der Waals surface area contributed by atoms with Crippen molar-refractivity contribution in [3.05, 3.63) is 59.9 Å². The Morgan fingerprint density at radius 3 is 2.11 bits per heavy atom. The lowest BCUT2D eigenvalue weighted by Gasteiger charge is -2.36. The van der Waals surface area contributed by atoms with Gasteiger partial charge in [-0.1, -0.05) is 58.2 Å². The SMILES string of the molecule is CC(C)(C)OC(=O)N1C[C@H](OC(C)(C)C)C[C@@H]1C(=O)N(c1ccc(C(C)(C)C)cc1)C(C(=O)NC1CCCCC1)c1cccnc1. The molecule has 1 aliphatic heterocycles. The molecule has 4 rings (SSSR count). The average Bonchev–Trinajstić information content (AvgIpc) is 3.38. The van der Waals surface area contributed by atoms with Crippen LogP contribution in [0.15, 0.2) is 48.8 Å². The summed E-state index contributed by atoms with van der Waals surface area (Å²) in [6.07, 6.45) is 7.67. The zero-order chi connectivity index (χ0) is 33.9. The minimum absolute atomic E-state index is 0.0370. The van der Waals surface area contributed by atoms with Gasteiger partial charge < -0.3 is 14.8 Å². The summed E-state index contributed by atoms with van der Waals surface area (Å²) >= 11 is 0. The quantitative estimate of drug-likeness (QED) is 0.349. The summed E-state index contributed by atoms with van der Waals surface area (Å²) in [7, 11) is 0. The van der Waals surface area contributed by atoms with Crippen LogP contribution in [0.1, 0.15) is 118 Å². The summed E-state index contributed by atoms with van der Waals surface area (Å²) in [6.45, 7) is 17.9. The lowest BCUT2D eigenvalue weighted by atomic mass is 9.87. The molecule has 0 radical (unpaired) electrons. The molecule has 1 unspecified atom stereocenters. The van der Waals surface area contributed by atoms with Crippen LogP contribution in [0.4, 0.5) is 10.5 Å². The van der Waals surface area contributed by atoms with E-state index in [1.54, 1.807) is 44.1 Å². The van der Waals surface area contributed by atoms with Gasteiger partial charge in [-0.3, -0.25) is 24.4 Å². The Morgan fingerprint density at radius 2 is 1.57 bits per heavy atom. The molecule has 9 nitrogen and oxygen atoms in total. The van der Waals surface area contributed by atoms with Crippen molar-refractivity contribution in [3.8, 4) is 0 Å². The van der Waals surface area contributed by atoms with Crippen LogP contribution in [0.3, 0.4) is 0 Å². The molecule has 2 heterocycles. The van der Waals surface area contributed by atoms with Crippen molar-refractivity contribution < 1.29 is 23.9 Å². The van der Waals surface area contributed by atoms with E-state index in [0.29, 0.717) is 11.3 Å². The van der Waals surface area contributed by atoms with Gasteiger partial charge in [-0.25, -0.2) is 4.79 Å². The third-order valence-electron chi connectivity index (χ3n) is 8.40. The number of amides is 3. The van der Waals surface area contributed by atoms with Crippen molar-refractivity contribution in [1.82, 2.24) is 15.2 Å². The van der Waals surface area contributed by atoms with Crippen molar-refractivity contribution in [3.63, 3.8) is 0 Å². The number of aromatic nitrogens is 1. The number of carbonyl (C=O) groups excluding carboxylic acids is 3. The fraction of sp³-hybridized carbons (Fsp3) is 0.622. The molecule has 46 heavy (non-hydrogen) atoms. The maximum atomic E-state index is 15.1. The van der Waals surface area contributed by atoms with Gasteiger partial charge in [0.2, 0.25) is 5.91 Å². The van der Waals surface area contributed by atoms with E-state index in [-0.39, 0.29) is 42.3 Å². The molecule has 1 aromatic heterocycles. The predicted octanol–water partition coefficient (Wildman–Crippen LogP) is 7.10. The number of anilines is 1. The standard InChI is InChI=1S/C37H54N4O5/c1-35(2,3)26-17-19-28(20-18-26)41(31(25-14-13-21-38-23-25)32(42)39-27-15-11-10-12-16-27)33(43)30-22-29(45-36(4,5)6)24-40(30)34(44)46-37(7,8)9/h13-14,17-21,23,27,29-31H,10-12,15-16,22,24H2,1-9H3,(H,39,42)/t29-,30-,31?/m1/s1. The van der Waals surface area contributed by atoms with E-state index in [1.807, 2.05) is 51.1 Å². The molecule has 9 heteroatoms. The van der Waals surface area contributed by atoms with Crippen molar-refractivity contribution in [2.24, 2.45) is 0 Å². The maximum absolute atomic E-state index is 15.1. The van der Waals surface area contributed by atoms with E-state index in [1.165, 1.54) is 4.90 Å². The smallest absolute Gasteiger partial charge is 0.411 e. The lowest BCUT2D eigenvalue weighted by molar-refractivity contribution is -0.129. The Morgan fingerprint density at radius 1 is 0.913 bits per heavy atom. The van der Waals surface area contributed by atoms with Crippen LogP contribution in [0.2, 0.25) is 0 Å².